The summed E-state index contributed by atoms with van der Waals surface area (Å²) in [5.41, 5.74) is 3.79. The number of thiazole rings is 1. The Labute approximate surface area is 130 Å². The van der Waals surface area contributed by atoms with Crippen LogP contribution in [0.5, 0.6) is 5.75 Å². The second-order valence-electron chi connectivity index (χ2n) is 5.64. The Morgan fingerprint density at radius 1 is 1.43 bits per heavy atom. The topological polar surface area (TPSA) is 34.2 Å². The lowest BCUT2D eigenvalue weighted by Gasteiger charge is -2.22. The third-order valence-corrected chi connectivity index (χ3v) is 5.13. The number of rotatable bonds is 5. The largest absolute Gasteiger partial charge is 0.493 e. The zero-order chi connectivity index (χ0) is 14.8. The molecule has 1 aromatic carbocycles. The molecule has 0 amide bonds. The van der Waals surface area contributed by atoms with E-state index in [0.717, 1.165) is 35.9 Å². The lowest BCUT2D eigenvalue weighted by atomic mass is 10.00. The molecule has 0 saturated carbocycles. The van der Waals surface area contributed by atoms with E-state index in [1.807, 2.05) is 6.92 Å². The van der Waals surface area contributed by atoms with Crippen LogP contribution in [0.15, 0.2) is 23.6 Å². The van der Waals surface area contributed by atoms with Crippen molar-refractivity contribution in [3.8, 4) is 5.75 Å². The molecule has 4 heteroatoms. The summed E-state index contributed by atoms with van der Waals surface area (Å²) < 4.78 is 5.59. The van der Waals surface area contributed by atoms with Crippen molar-refractivity contribution in [1.82, 2.24) is 10.3 Å². The molecule has 1 aliphatic heterocycles. The molecule has 1 N–H and O–H groups in total. The van der Waals surface area contributed by atoms with Crippen molar-refractivity contribution >= 4 is 11.3 Å². The van der Waals surface area contributed by atoms with Gasteiger partial charge in [0.05, 0.1) is 12.6 Å². The average molecular weight is 302 g/mol. The number of aryl methyl sites for hydroxylation is 1. The van der Waals surface area contributed by atoms with Gasteiger partial charge in [-0.1, -0.05) is 19.1 Å². The molecule has 2 heterocycles. The molecule has 0 saturated heterocycles. The van der Waals surface area contributed by atoms with Crippen molar-refractivity contribution in [2.75, 3.05) is 6.61 Å². The maximum absolute atomic E-state index is 5.59. The average Bonchev–Trinajstić information content (AvgIpc) is 3.12. The highest BCUT2D eigenvalue weighted by molar-refractivity contribution is 7.09. The molecule has 0 spiro atoms. The van der Waals surface area contributed by atoms with E-state index in [2.05, 4.69) is 47.7 Å². The summed E-state index contributed by atoms with van der Waals surface area (Å²) in [6.45, 7) is 7.28. The lowest BCUT2D eigenvalue weighted by Crippen LogP contribution is -2.24. The number of fused-ring (bicyclic) bond motifs is 1. The maximum Gasteiger partial charge on any atom is 0.122 e. The van der Waals surface area contributed by atoms with Gasteiger partial charge in [0.2, 0.25) is 0 Å². The molecule has 2 atom stereocenters. The Bertz CT molecular complexity index is 623. The first-order valence-corrected chi connectivity index (χ1v) is 8.49. The Hall–Kier alpha value is -1.39. The number of nitrogens with one attached hydrogen (secondary N) is 1. The van der Waals surface area contributed by atoms with Gasteiger partial charge in [-0.05, 0) is 37.5 Å². The van der Waals surface area contributed by atoms with Gasteiger partial charge in [-0.15, -0.1) is 11.3 Å². The van der Waals surface area contributed by atoms with Gasteiger partial charge in [0, 0.05) is 23.5 Å². The summed E-state index contributed by atoms with van der Waals surface area (Å²) in [4.78, 5) is 4.59. The van der Waals surface area contributed by atoms with E-state index in [0.29, 0.717) is 6.04 Å². The SMILES string of the molecule is CCC(NC(C)c1nc(C)cs1)c1ccc2c(c1)CCO2. The Morgan fingerprint density at radius 3 is 3.00 bits per heavy atom. The van der Waals surface area contributed by atoms with Crippen molar-refractivity contribution in [2.24, 2.45) is 0 Å². The lowest BCUT2D eigenvalue weighted by molar-refractivity contribution is 0.356. The molecule has 3 nitrogen and oxygen atoms in total. The van der Waals surface area contributed by atoms with Crippen LogP contribution in [0.4, 0.5) is 0 Å². The second-order valence-corrected chi connectivity index (χ2v) is 6.53. The highest BCUT2D eigenvalue weighted by Crippen LogP contribution is 2.30. The van der Waals surface area contributed by atoms with Gasteiger partial charge >= 0.3 is 0 Å². The summed E-state index contributed by atoms with van der Waals surface area (Å²) >= 11 is 1.73. The zero-order valence-corrected chi connectivity index (χ0v) is 13.7. The fraction of sp³-hybridized carbons (Fsp3) is 0.471. The fourth-order valence-corrected chi connectivity index (χ4v) is 3.63. The minimum Gasteiger partial charge on any atom is -0.493 e. The quantitative estimate of drug-likeness (QED) is 0.899. The summed E-state index contributed by atoms with van der Waals surface area (Å²) in [5.74, 6) is 1.05. The summed E-state index contributed by atoms with van der Waals surface area (Å²) in [6.07, 6.45) is 2.09. The minimum absolute atomic E-state index is 0.276. The predicted octanol–water partition coefficient (Wildman–Crippen LogP) is 4.19. The molecule has 112 valence electrons. The molecule has 2 unspecified atom stereocenters. The zero-order valence-electron chi connectivity index (χ0n) is 12.8. The van der Waals surface area contributed by atoms with Crippen molar-refractivity contribution in [2.45, 2.75) is 45.7 Å². The molecule has 21 heavy (non-hydrogen) atoms. The maximum atomic E-state index is 5.59. The van der Waals surface area contributed by atoms with E-state index in [9.17, 15) is 0 Å². The molecule has 1 aromatic heterocycles. The first-order chi connectivity index (χ1) is 10.2. The molecule has 0 aliphatic carbocycles. The van der Waals surface area contributed by atoms with E-state index in [4.69, 9.17) is 4.74 Å². The highest BCUT2D eigenvalue weighted by Gasteiger charge is 2.19. The third kappa shape index (κ3) is 3.11. The van der Waals surface area contributed by atoms with E-state index in [1.165, 1.54) is 11.1 Å². The molecule has 0 fully saturated rings. The number of ether oxygens (including phenoxy) is 1. The third-order valence-electron chi connectivity index (χ3n) is 3.98. The minimum atomic E-state index is 0.276. The van der Waals surface area contributed by atoms with E-state index in [1.54, 1.807) is 11.3 Å². The van der Waals surface area contributed by atoms with Crippen molar-refractivity contribution in [1.29, 1.82) is 0 Å². The van der Waals surface area contributed by atoms with Crippen molar-refractivity contribution in [3.63, 3.8) is 0 Å². The standard InChI is InChI=1S/C17H22N2OS/c1-4-15(19-12(3)17-18-11(2)10-21-17)13-5-6-16-14(9-13)7-8-20-16/h5-6,9-10,12,15,19H,4,7-8H2,1-3H3. The molecule has 2 aromatic rings. The number of aromatic nitrogens is 1. The summed E-state index contributed by atoms with van der Waals surface area (Å²) in [7, 11) is 0. The van der Waals surface area contributed by atoms with Crippen LogP contribution in [0.2, 0.25) is 0 Å². The molecular formula is C17H22N2OS. The molecule has 0 bridgehead atoms. The number of nitrogens with zero attached hydrogens (tertiary/aromatic N) is 1. The Morgan fingerprint density at radius 2 is 2.29 bits per heavy atom. The van der Waals surface area contributed by atoms with Crippen LogP contribution >= 0.6 is 11.3 Å². The first-order valence-electron chi connectivity index (χ1n) is 7.61. The van der Waals surface area contributed by atoms with Crippen LogP contribution in [0.3, 0.4) is 0 Å². The van der Waals surface area contributed by atoms with Gasteiger partial charge < -0.3 is 10.1 Å². The Kier molecular flexibility index (Phi) is 4.27. The van der Waals surface area contributed by atoms with Gasteiger partial charge in [0.1, 0.15) is 10.8 Å². The normalized spacial score (nSPS) is 16.3. The monoisotopic (exact) mass is 302 g/mol. The van der Waals surface area contributed by atoms with Crippen molar-refractivity contribution < 1.29 is 4.74 Å². The molecular weight excluding hydrogens is 280 g/mol. The van der Waals surface area contributed by atoms with Crippen LogP contribution in [0.1, 0.15) is 54.2 Å². The summed E-state index contributed by atoms with van der Waals surface area (Å²) in [6, 6.07) is 7.22. The second kappa shape index (κ2) is 6.16. The predicted molar refractivity (Wildman–Crippen MR) is 87.1 cm³/mol. The highest BCUT2D eigenvalue weighted by atomic mass is 32.1. The fourth-order valence-electron chi connectivity index (χ4n) is 2.82. The smallest absolute Gasteiger partial charge is 0.122 e. The first kappa shape index (κ1) is 14.5. The van der Waals surface area contributed by atoms with Crippen LogP contribution < -0.4 is 10.1 Å². The van der Waals surface area contributed by atoms with Gasteiger partial charge in [0.25, 0.3) is 0 Å². The van der Waals surface area contributed by atoms with Crippen LogP contribution in [-0.4, -0.2) is 11.6 Å². The van der Waals surface area contributed by atoms with Crippen molar-refractivity contribution in [3.05, 3.63) is 45.4 Å². The molecule has 0 radical (unpaired) electrons. The number of benzene rings is 1. The van der Waals surface area contributed by atoms with E-state index < -0.39 is 0 Å². The van der Waals surface area contributed by atoms with Gasteiger partial charge in [-0.25, -0.2) is 4.98 Å². The number of hydrogen-bond acceptors (Lipinski definition) is 4. The Balaban J connectivity index is 1.75. The van der Waals surface area contributed by atoms with E-state index in [-0.39, 0.29) is 6.04 Å². The molecule has 1 aliphatic rings. The van der Waals surface area contributed by atoms with Gasteiger partial charge in [-0.3, -0.25) is 0 Å². The van der Waals surface area contributed by atoms with Gasteiger partial charge in [-0.2, -0.15) is 0 Å². The van der Waals surface area contributed by atoms with Crippen LogP contribution in [-0.2, 0) is 6.42 Å². The van der Waals surface area contributed by atoms with Crippen LogP contribution in [0.25, 0.3) is 0 Å². The number of hydrogen-bond donors (Lipinski definition) is 1. The molecule has 3 rings (SSSR count). The van der Waals surface area contributed by atoms with Crippen LogP contribution in [0, 0.1) is 6.92 Å². The van der Waals surface area contributed by atoms with Gasteiger partial charge in [0.15, 0.2) is 0 Å². The van der Waals surface area contributed by atoms with E-state index >= 15 is 0 Å². The summed E-state index contributed by atoms with van der Waals surface area (Å²) in [5, 5.41) is 6.99.